The van der Waals surface area contributed by atoms with Crippen LogP contribution < -0.4 is 5.73 Å². The van der Waals surface area contributed by atoms with E-state index in [1.807, 2.05) is 0 Å². The van der Waals surface area contributed by atoms with Gasteiger partial charge in [0.2, 0.25) is 0 Å². The molecule has 0 radical (unpaired) electrons. The first-order valence-electron chi connectivity index (χ1n) is 3.86. The fourth-order valence-corrected chi connectivity index (χ4v) is 2.09. The zero-order chi connectivity index (χ0) is 7.84. The molecule has 1 aliphatic rings. The van der Waals surface area contributed by atoms with Gasteiger partial charge in [-0.2, -0.15) is 0 Å². The largest absolute Gasteiger partial charge is 0.355 e. The minimum absolute atomic E-state index is 0.597. The van der Waals surface area contributed by atoms with Crippen LogP contribution in [0.25, 0.3) is 0 Å². The molecule has 0 aromatic heterocycles. The molecule has 0 saturated carbocycles. The molecule has 1 aromatic rings. The summed E-state index contributed by atoms with van der Waals surface area (Å²) < 4.78 is 1.19. The third kappa shape index (κ3) is 1.33. The van der Waals surface area contributed by atoms with Crippen molar-refractivity contribution in [3.63, 3.8) is 0 Å². The lowest BCUT2D eigenvalue weighted by molar-refractivity contribution is -0.416. The molecule has 0 saturated heterocycles. The highest BCUT2D eigenvalue weighted by Gasteiger charge is 2.20. The Labute approximate surface area is 74.7 Å². The molecule has 0 bridgehead atoms. The summed E-state index contributed by atoms with van der Waals surface area (Å²) in [7, 11) is 0. The second-order valence-electron chi connectivity index (χ2n) is 3.19. The Morgan fingerprint density at radius 3 is 2.82 bits per heavy atom. The summed E-state index contributed by atoms with van der Waals surface area (Å²) in [6.45, 7) is 0. The Morgan fingerprint density at radius 1 is 1.27 bits per heavy atom. The van der Waals surface area contributed by atoms with Crippen molar-refractivity contribution in [3.8, 4) is 0 Å². The van der Waals surface area contributed by atoms with Crippen molar-refractivity contribution in [1.82, 2.24) is 0 Å². The second-order valence-corrected chi connectivity index (χ2v) is 4.10. The van der Waals surface area contributed by atoms with E-state index in [9.17, 15) is 0 Å². The van der Waals surface area contributed by atoms with Gasteiger partial charge in [0.05, 0.1) is 6.04 Å². The van der Waals surface area contributed by atoms with Crippen LogP contribution in [0.2, 0.25) is 0 Å². The molecular weight excluding hydrogens is 202 g/mol. The number of fused-ring (bicyclic) bond motifs is 1. The molecule has 2 rings (SSSR count). The first kappa shape index (κ1) is 7.32. The van der Waals surface area contributed by atoms with E-state index in [-0.39, 0.29) is 0 Å². The maximum atomic E-state index is 4.07. The monoisotopic (exact) mass is 212 g/mol. The third-order valence-corrected chi connectivity index (χ3v) is 2.68. The van der Waals surface area contributed by atoms with Gasteiger partial charge < -0.3 is 5.73 Å². The predicted molar refractivity (Wildman–Crippen MR) is 48.2 cm³/mol. The van der Waals surface area contributed by atoms with Crippen LogP contribution in [0.1, 0.15) is 11.1 Å². The molecule has 1 aromatic carbocycles. The van der Waals surface area contributed by atoms with Crippen molar-refractivity contribution in [2.75, 3.05) is 0 Å². The van der Waals surface area contributed by atoms with E-state index in [1.165, 1.54) is 15.6 Å². The molecule has 0 heterocycles. The van der Waals surface area contributed by atoms with Crippen LogP contribution in [-0.2, 0) is 12.8 Å². The summed E-state index contributed by atoms with van der Waals surface area (Å²) in [5.74, 6) is 0. The maximum absolute atomic E-state index is 4.07. The van der Waals surface area contributed by atoms with E-state index in [0.717, 1.165) is 12.8 Å². The van der Waals surface area contributed by atoms with Crippen LogP contribution in [-0.4, -0.2) is 6.04 Å². The fourth-order valence-electron chi connectivity index (χ4n) is 1.68. The SMILES string of the molecule is [NH3+][C@@H]1Cc2ccc(Br)cc2C1. The molecule has 1 aliphatic carbocycles. The van der Waals surface area contributed by atoms with Crippen molar-refractivity contribution in [2.24, 2.45) is 0 Å². The topological polar surface area (TPSA) is 27.6 Å². The highest BCUT2D eigenvalue weighted by Crippen LogP contribution is 2.23. The van der Waals surface area contributed by atoms with Crippen molar-refractivity contribution in [2.45, 2.75) is 18.9 Å². The lowest BCUT2D eigenvalue weighted by Crippen LogP contribution is -2.61. The Balaban J connectivity index is 2.43. The molecule has 11 heavy (non-hydrogen) atoms. The van der Waals surface area contributed by atoms with Gasteiger partial charge in [0.25, 0.3) is 0 Å². The van der Waals surface area contributed by atoms with Gasteiger partial charge in [0.1, 0.15) is 0 Å². The van der Waals surface area contributed by atoms with E-state index in [2.05, 4.69) is 39.9 Å². The average molecular weight is 213 g/mol. The lowest BCUT2D eigenvalue weighted by atomic mass is 10.1. The number of hydrogen-bond donors (Lipinski definition) is 1. The maximum Gasteiger partial charge on any atom is 0.0925 e. The van der Waals surface area contributed by atoms with Crippen LogP contribution in [0.15, 0.2) is 22.7 Å². The Morgan fingerprint density at radius 2 is 2.00 bits per heavy atom. The first-order valence-corrected chi connectivity index (χ1v) is 4.65. The fraction of sp³-hybridized carbons (Fsp3) is 0.333. The average Bonchev–Trinajstić information content (AvgIpc) is 2.27. The van der Waals surface area contributed by atoms with Gasteiger partial charge in [0, 0.05) is 17.3 Å². The molecule has 1 nitrogen and oxygen atoms in total. The molecule has 58 valence electrons. The number of quaternary nitrogens is 1. The first-order chi connectivity index (χ1) is 5.25. The van der Waals surface area contributed by atoms with Crippen molar-refractivity contribution in [3.05, 3.63) is 33.8 Å². The summed E-state index contributed by atoms with van der Waals surface area (Å²) in [4.78, 5) is 0. The van der Waals surface area contributed by atoms with Crippen molar-refractivity contribution >= 4 is 15.9 Å². The molecule has 0 aliphatic heterocycles. The van der Waals surface area contributed by atoms with Crippen LogP contribution in [0.4, 0.5) is 0 Å². The van der Waals surface area contributed by atoms with Crippen molar-refractivity contribution < 1.29 is 5.73 Å². The molecule has 2 heteroatoms. The van der Waals surface area contributed by atoms with Crippen LogP contribution >= 0.6 is 15.9 Å². The standard InChI is InChI=1S/C9H10BrN/c10-8-2-1-6-4-9(11)5-7(6)3-8/h1-3,9H,4-5,11H2/p+1/t9-/m1/s1. The summed E-state index contributed by atoms with van der Waals surface area (Å²) in [6.07, 6.45) is 2.30. The number of benzene rings is 1. The second kappa shape index (κ2) is 2.61. The van der Waals surface area contributed by atoms with Gasteiger partial charge in [-0.3, -0.25) is 0 Å². The van der Waals surface area contributed by atoms with Crippen LogP contribution in [0.3, 0.4) is 0 Å². The highest BCUT2D eigenvalue weighted by atomic mass is 79.9. The van der Waals surface area contributed by atoms with E-state index < -0.39 is 0 Å². The normalized spacial score (nSPS) is 21.8. The van der Waals surface area contributed by atoms with Gasteiger partial charge in [-0.05, 0) is 23.3 Å². The molecule has 3 N–H and O–H groups in total. The summed E-state index contributed by atoms with van der Waals surface area (Å²) in [5.41, 5.74) is 7.02. The van der Waals surface area contributed by atoms with Gasteiger partial charge in [-0.1, -0.05) is 22.0 Å². The van der Waals surface area contributed by atoms with Gasteiger partial charge in [-0.25, -0.2) is 0 Å². The highest BCUT2D eigenvalue weighted by molar-refractivity contribution is 9.10. The molecule has 0 amide bonds. The summed E-state index contributed by atoms with van der Waals surface area (Å²) >= 11 is 3.46. The summed E-state index contributed by atoms with van der Waals surface area (Å²) in [5, 5.41) is 0. The molecular formula is C9H11BrN+. The minimum atomic E-state index is 0.597. The zero-order valence-corrected chi connectivity index (χ0v) is 7.89. The quantitative estimate of drug-likeness (QED) is 0.669. The number of rotatable bonds is 0. The van der Waals surface area contributed by atoms with Crippen LogP contribution in [0.5, 0.6) is 0 Å². The van der Waals surface area contributed by atoms with Crippen molar-refractivity contribution in [1.29, 1.82) is 0 Å². The Hall–Kier alpha value is -0.340. The van der Waals surface area contributed by atoms with E-state index in [0.29, 0.717) is 6.04 Å². The van der Waals surface area contributed by atoms with E-state index >= 15 is 0 Å². The minimum Gasteiger partial charge on any atom is -0.355 e. The molecule has 0 unspecified atom stereocenters. The van der Waals surface area contributed by atoms with E-state index in [1.54, 1.807) is 0 Å². The van der Waals surface area contributed by atoms with Gasteiger partial charge >= 0.3 is 0 Å². The predicted octanol–water partition coefficient (Wildman–Crippen LogP) is 1.16. The number of halogens is 1. The Bertz CT molecular complexity index is 283. The Kier molecular flexibility index (Phi) is 1.74. The third-order valence-electron chi connectivity index (χ3n) is 2.19. The van der Waals surface area contributed by atoms with Crippen LogP contribution in [0, 0.1) is 0 Å². The van der Waals surface area contributed by atoms with E-state index in [4.69, 9.17) is 0 Å². The molecule has 0 spiro atoms. The molecule has 1 atom stereocenters. The zero-order valence-electron chi connectivity index (χ0n) is 6.31. The smallest absolute Gasteiger partial charge is 0.0925 e. The summed E-state index contributed by atoms with van der Waals surface area (Å²) in [6, 6.07) is 7.11. The van der Waals surface area contributed by atoms with Gasteiger partial charge in [-0.15, -0.1) is 0 Å². The van der Waals surface area contributed by atoms with Gasteiger partial charge in [0.15, 0.2) is 0 Å². The number of hydrogen-bond acceptors (Lipinski definition) is 0. The molecule has 0 fully saturated rings. The lowest BCUT2D eigenvalue weighted by Gasteiger charge is -1.96.